The lowest BCUT2D eigenvalue weighted by Crippen LogP contribution is -2.36. The first-order valence-corrected chi connectivity index (χ1v) is 6.74. The minimum atomic E-state index is -0.149. The first-order chi connectivity index (χ1) is 9.26. The number of amides is 1. The van der Waals surface area contributed by atoms with Gasteiger partial charge in [-0.25, -0.2) is 4.98 Å². The van der Waals surface area contributed by atoms with Crippen molar-refractivity contribution in [1.82, 2.24) is 14.9 Å². The highest BCUT2D eigenvalue weighted by molar-refractivity contribution is 5.92. The van der Waals surface area contributed by atoms with Crippen LogP contribution in [0.25, 0.3) is 0 Å². The van der Waals surface area contributed by atoms with Gasteiger partial charge in [0, 0.05) is 19.1 Å². The van der Waals surface area contributed by atoms with Crippen LogP contribution in [0.5, 0.6) is 0 Å². The van der Waals surface area contributed by atoms with Crippen LogP contribution >= 0.6 is 0 Å². The van der Waals surface area contributed by atoms with Gasteiger partial charge in [-0.15, -0.1) is 0 Å². The maximum absolute atomic E-state index is 12.3. The van der Waals surface area contributed by atoms with Crippen LogP contribution in [0, 0.1) is 0 Å². The summed E-state index contributed by atoms with van der Waals surface area (Å²) in [5.41, 5.74) is 0.335. The molecule has 1 aliphatic carbocycles. The summed E-state index contributed by atoms with van der Waals surface area (Å²) in [7, 11) is 0. The molecular formula is C13H20N4O2. The van der Waals surface area contributed by atoms with Crippen molar-refractivity contribution >= 4 is 11.7 Å². The fraction of sp³-hybridized carbons (Fsp3) is 0.615. The number of carbonyl (C=O) groups is 1. The molecule has 1 saturated carbocycles. The molecule has 0 unspecified atom stereocenters. The largest absolute Gasteiger partial charge is 0.395 e. The molecule has 19 heavy (non-hydrogen) atoms. The fourth-order valence-electron chi connectivity index (χ4n) is 1.90. The standard InChI is InChI=1S/C13H20N4O2/c1-2-5-15-12-9-14-8-11(16-12)13(19)17(6-7-18)10-3-4-10/h8-10,18H,2-7H2,1H3,(H,15,16). The summed E-state index contributed by atoms with van der Waals surface area (Å²) in [6.07, 6.45) is 6.09. The first-order valence-electron chi connectivity index (χ1n) is 6.74. The third-order valence-corrected chi connectivity index (χ3v) is 3.00. The lowest BCUT2D eigenvalue weighted by Gasteiger charge is -2.20. The SMILES string of the molecule is CCCNc1cncc(C(=O)N(CCO)C2CC2)n1. The number of aliphatic hydroxyl groups is 1. The molecule has 0 spiro atoms. The smallest absolute Gasteiger partial charge is 0.274 e. The molecule has 1 aromatic rings. The molecule has 0 bridgehead atoms. The van der Waals surface area contributed by atoms with E-state index in [1.807, 2.05) is 0 Å². The van der Waals surface area contributed by atoms with Gasteiger partial charge in [-0.3, -0.25) is 9.78 Å². The van der Waals surface area contributed by atoms with E-state index in [-0.39, 0.29) is 18.6 Å². The lowest BCUT2D eigenvalue weighted by molar-refractivity contribution is 0.0701. The summed E-state index contributed by atoms with van der Waals surface area (Å²) >= 11 is 0. The quantitative estimate of drug-likeness (QED) is 0.765. The summed E-state index contributed by atoms with van der Waals surface area (Å²) in [6.45, 7) is 3.20. The van der Waals surface area contributed by atoms with Gasteiger partial charge in [-0.1, -0.05) is 6.92 Å². The van der Waals surface area contributed by atoms with E-state index < -0.39 is 0 Å². The molecule has 1 fully saturated rings. The number of hydrogen-bond donors (Lipinski definition) is 2. The van der Waals surface area contributed by atoms with Crippen LogP contribution < -0.4 is 5.32 Å². The summed E-state index contributed by atoms with van der Waals surface area (Å²) in [4.78, 5) is 22.3. The zero-order valence-electron chi connectivity index (χ0n) is 11.2. The number of nitrogens with one attached hydrogen (secondary N) is 1. The van der Waals surface area contributed by atoms with Gasteiger partial charge in [-0.2, -0.15) is 0 Å². The molecule has 1 aliphatic rings. The molecule has 6 nitrogen and oxygen atoms in total. The maximum atomic E-state index is 12.3. The molecule has 104 valence electrons. The van der Waals surface area contributed by atoms with Crippen molar-refractivity contribution in [2.24, 2.45) is 0 Å². The highest BCUT2D eigenvalue weighted by atomic mass is 16.3. The van der Waals surface area contributed by atoms with Gasteiger partial charge in [-0.05, 0) is 19.3 Å². The molecule has 0 atom stereocenters. The van der Waals surface area contributed by atoms with Gasteiger partial charge >= 0.3 is 0 Å². The van der Waals surface area contributed by atoms with Gasteiger partial charge in [0.1, 0.15) is 11.5 Å². The van der Waals surface area contributed by atoms with Crippen LogP contribution in [0.3, 0.4) is 0 Å². The van der Waals surface area contributed by atoms with Gasteiger partial charge in [0.05, 0.1) is 19.0 Å². The minimum Gasteiger partial charge on any atom is -0.395 e. The normalized spacial score (nSPS) is 14.2. The van der Waals surface area contributed by atoms with Crippen LogP contribution in [-0.2, 0) is 0 Å². The Kier molecular flexibility index (Phi) is 4.68. The van der Waals surface area contributed by atoms with Crippen molar-refractivity contribution in [1.29, 1.82) is 0 Å². The van der Waals surface area contributed by atoms with E-state index in [2.05, 4.69) is 22.2 Å². The molecule has 0 saturated heterocycles. The third-order valence-electron chi connectivity index (χ3n) is 3.00. The Morgan fingerprint density at radius 2 is 2.32 bits per heavy atom. The summed E-state index contributed by atoms with van der Waals surface area (Å²) < 4.78 is 0. The van der Waals surface area contributed by atoms with Crippen molar-refractivity contribution in [2.45, 2.75) is 32.2 Å². The number of aliphatic hydroxyl groups excluding tert-OH is 1. The lowest BCUT2D eigenvalue weighted by atomic mass is 10.3. The average Bonchev–Trinajstić information content (AvgIpc) is 3.26. The Morgan fingerprint density at radius 1 is 1.53 bits per heavy atom. The van der Waals surface area contributed by atoms with E-state index in [0.29, 0.717) is 18.1 Å². The van der Waals surface area contributed by atoms with E-state index in [1.165, 1.54) is 6.20 Å². The second-order valence-corrected chi connectivity index (χ2v) is 4.67. The van der Waals surface area contributed by atoms with Crippen molar-refractivity contribution < 1.29 is 9.90 Å². The molecule has 0 aliphatic heterocycles. The Morgan fingerprint density at radius 3 is 2.95 bits per heavy atom. The molecular weight excluding hydrogens is 244 g/mol. The van der Waals surface area contributed by atoms with E-state index in [4.69, 9.17) is 5.11 Å². The zero-order chi connectivity index (χ0) is 13.7. The molecule has 0 aromatic carbocycles. The monoisotopic (exact) mass is 264 g/mol. The van der Waals surface area contributed by atoms with Crippen molar-refractivity contribution in [3.8, 4) is 0 Å². The molecule has 6 heteroatoms. The maximum Gasteiger partial charge on any atom is 0.274 e. The molecule has 2 rings (SSSR count). The molecule has 1 amide bonds. The zero-order valence-corrected chi connectivity index (χ0v) is 11.2. The second-order valence-electron chi connectivity index (χ2n) is 4.67. The second kappa shape index (κ2) is 6.47. The summed E-state index contributed by atoms with van der Waals surface area (Å²) in [6, 6.07) is 0.258. The summed E-state index contributed by atoms with van der Waals surface area (Å²) in [5.74, 6) is 0.469. The predicted octanol–water partition coefficient (Wildman–Crippen LogP) is 0.895. The molecule has 2 N–H and O–H groups in total. The number of rotatable bonds is 7. The fourth-order valence-corrected chi connectivity index (χ4v) is 1.90. The van der Waals surface area contributed by atoms with E-state index >= 15 is 0 Å². The van der Waals surface area contributed by atoms with Crippen molar-refractivity contribution in [3.63, 3.8) is 0 Å². The highest BCUT2D eigenvalue weighted by Gasteiger charge is 2.33. The van der Waals surface area contributed by atoms with Crippen LogP contribution in [0.15, 0.2) is 12.4 Å². The number of aromatic nitrogens is 2. The minimum absolute atomic E-state index is 0.0244. The highest BCUT2D eigenvalue weighted by Crippen LogP contribution is 2.27. The van der Waals surface area contributed by atoms with Crippen LogP contribution in [0.4, 0.5) is 5.82 Å². The van der Waals surface area contributed by atoms with Gasteiger partial charge < -0.3 is 15.3 Å². The third kappa shape index (κ3) is 3.64. The average molecular weight is 264 g/mol. The number of nitrogens with zero attached hydrogens (tertiary/aromatic N) is 3. The van der Waals surface area contributed by atoms with Crippen molar-refractivity contribution in [2.75, 3.05) is 25.0 Å². The van der Waals surface area contributed by atoms with E-state index in [1.54, 1.807) is 11.1 Å². The van der Waals surface area contributed by atoms with Gasteiger partial charge in [0.25, 0.3) is 5.91 Å². The molecule has 1 aromatic heterocycles. The van der Waals surface area contributed by atoms with Crippen LogP contribution in [0.1, 0.15) is 36.7 Å². The Labute approximate surface area is 112 Å². The molecule has 1 heterocycles. The number of anilines is 1. The van der Waals surface area contributed by atoms with Crippen molar-refractivity contribution in [3.05, 3.63) is 18.1 Å². The first kappa shape index (κ1) is 13.7. The number of hydrogen-bond acceptors (Lipinski definition) is 5. The Balaban J connectivity index is 2.08. The van der Waals surface area contributed by atoms with Gasteiger partial charge in [0.2, 0.25) is 0 Å². The Hall–Kier alpha value is -1.69. The topological polar surface area (TPSA) is 78.4 Å². The van der Waals surface area contributed by atoms with E-state index in [9.17, 15) is 4.79 Å². The predicted molar refractivity (Wildman–Crippen MR) is 72.0 cm³/mol. The number of carbonyl (C=O) groups excluding carboxylic acids is 1. The summed E-state index contributed by atoms with van der Waals surface area (Å²) in [5, 5.41) is 12.1. The van der Waals surface area contributed by atoms with Crippen LogP contribution in [-0.4, -0.2) is 51.6 Å². The van der Waals surface area contributed by atoms with E-state index in [0.717, 1.165) is 25.8 Å². The Bertz CT molecular complexity index is 434. The van der Waals surface area contributed by atoms with Gasteiger partial charge in [0.15, 0.2) is 0 Å². The molecule has 0 radical (unpaired) electrons. The van der Waals surface area contributed by atoms with Crippen LogP contribution in [0.2, 0.25) is 0 Å².